The minimum absolute atomic E-state index is 0.201. The van der Waals surface area contributed by atoms with Crippen LogP contribution < -0.4 is 0 Å². The molecule has 18 heavy (non-hydrogen) atoms. The van der Waals surface area contributed by atoms with Crippen molar-refractivity contribution in [3.05, 3.63) is 0 Å². The smallest absolute Gasteiger partial charge is 0.0639 e. The van der Waals surface area contributed by atoms with Crippen LogP contribution in [0.1, 0.15) is 53.4 Å². The van der Waals surface area contributed by atoms with Crippen LogP contribution >= 0.6 is 0 Å². The summed E-state index contributed by atoms with van der Waals surface area (Å²) in [5.41, 5.74) is 0. The molecule has 1 unspecified atom stereocenters. The number of nitrogens with zero attached hydrogens (tertiary/aromatic N) is 2. The van der Waals surface area contributed by atoms with E-state index >= 15 is 0 Å². The molecule has 0 aliphatic rings. The summed E-state index contributed by atoms with van der Waals surface area (Å²) in [6.07, 6.45) is 5.04. The van der Waals surface area contributed by atoms with E-state index in [9.17, 15) is 5.11 Å². The van der Waals surface area contributed by atoms with Crippen molar-refractivity contribution < 1.29 is 5.11 Å². The predicted octanol–water partition coefficient (Wildman–Crippen LogP) is 2.59. The van der Waals surface area contributed by atoms with Crippen LogP contribution in [0.25, 0.3) is 0 Å². The van der Waals surface area contributed by atoms with Gasteiger partial charge in [0.2, 0.25) is 0 Å². The Morgan fingerprint density at radius 1 is 0.778 bits per heavy atom. The van der Waals surface area contributed by atoms with Crippen LogP contribution in [0.5, 0.6) is 0 Å². The highest BCUT2D eigenvalue weighted by Gasteiger charge is 2.05. The van der Waals surface area contributed by atoms with E-state index in [1.54, 1.807) is 0 Å². The molecule has 0 aromatic heterocycles. The lowest BCUT2D eigenvalue weighted by Gasteiger charge is -2.22. The highest BCUT2D eigenvalue weighted by molar-refractivity contribution is 4.60. The molecule has 0 heterocycles. The SMILES string of the molecule is CCN(CC)CCCCCCN(CC)CC(C)O. The number of rotatable bonds is 12. The maximum atomic E-state index is 9.36. The molecule has 110 valence electrons. The molecule has 0 saturated heterocycles. The zero-order chi connectivity index (χ0) is 13.8. The fourth-order valence-corrected chi connectivity index (χ4v) is 2.32. The van der Waals surface area contributed by atoms with Crippen LogP contribution in [0, 0.1) is 0 Å². The first kappa shape index (κ1) is 17.9. The minimum Gasteiger partial charge on any atom is -0.392 e. The number of unbranched alkanes of at least 4 members (excludes halogenated alkanes) is 3. The lowest BCUT2D eigenvalue weighted by atomic mass is 10.1. The van der Waals surface area contributed by atoms with E-state index in [4.69, 9.17) is 0 Å². The summed E-state index contributed by atoms with van der Waals surface area (Å²) in [5.74, 6) is 0. The van der Waals surface area contributed by atoms with E-state index in [1.807, 2.05) is 6.92 Å². The van der Waals surface area contributed by atoms with Crippen molar-refractivity contribution in [1.82, 2.24) is 9.80 Å². The molecule has 0 fully saturated rings. The van der Waals surface area contributed by atoms with Gasteiger partial charge < -0.3 is 14.9 Å². The van der Waals surface area contributed by atoms with Gasteiger partial charge in [-0.3, -0.25) is 0 Å². The lowest BCUT2D eigenvalue weighted by Crippen LogP contribution is -2.31. The minimum atomic E-state index is -0.201. The maximum absolute atomic E-state index is 9.36. The molecule has 0 aliphatic heterocycles. The van der Waals surface area contributed by atoms with Crippen LogP contribution in [0.3, 0.4) is 0 Å². The fourth-order valence-electron chi connectivity index (χ4n) is 2.32. The van der Waals surface area contributed by atoms with Crippen molar-refractivity contribution >= 4 is 0 Å². The highest BCUT2D eigenvalue weighted by atomic mass is 16.3. The number of hydrogen-bond acceptors (Lipinski definition) is 3. The van der Waals surface area contributed by atoms with E-state index in [-0.39, 0.29) is 6.10 Å². The van der Waals surface area contributed by atoms with Gasteiger partial charge in [-0.25, -0.2) is 0 Å². The molecule has 0 saturated carbocycles. The molecular formula is C15H34N2O. The van der Waals surface area contributed by atoms with Gasteiger partial charge in [-0.15, -0.1) is 0 Å². The molecule has 1 atom stereocenters. The average molecular weight is 258 g/mol. The zero-order valence-corrected chi connectivity index (χ0v) is 13.0. The highest BCUT2D eigenvalue weighted by Crippen LogP contribution is 2.04. The number of aliphatic hydroxyl groups excluding tert-OH is 1. The second-order valence-corrected chi connectivity index (χ2v) is 5.18. The summed E-state index contributed by atoms with van der Waals surface area (Å²) >= 11 is 0. The molecular weight excluding hydrogens is 224 g/mol. The molecule has 0 rings (SSSR count). The third-order valence-corrected chi connectivity index (χ3v) is 3.56. The van der Waals surface area contributed by atoms with Crippen molar-refractivity contribution in [1.29, 1.82) is 0 Å². The molecule has 1 N–H and O–H groups in total. The third-order valence-electron chi connectivity index (χ3n) is 3.56. The normalized spacial score (nSPS) is 13.5. The van der Waals surface area contributed by atoms with Gasteiger partial charge in [-0.1, -0.05) is 33.6 Å². The Kier molecular flexibility index (Phi) is 11.9. The van der Waals surface area contributed by atoms with Crippen molar-refractivity contribution in [2.24, 2.45) is 0 Å². The van der Waals surface area contributed by atoms with E-state index in [0.29, 0.717) is 0 Å². The molecule has 0 aromatic carbocycles. The van der Waals surface area contributed by atoms with E-state index in [0.717, 1.165) is 19.6 Å². The van der Waals surface area contributed by atoms with Crippen LogP contribution in [0.15, 0.2) is 0 Å². The van der Waals surface area contributed by atoms with Crippen LogP contribution in [-0.2, 0) is 0 Å². The van der Waals surface area contributed by atoms with Crippen LogP contribution in [0.4, 0.5) is 0 Å². The van der Waals surface area contributed by atoms with Crippen molar-refractivity contribution in [2.45, 2.75) is 59.5 Å². The van der Waals surface area contributed by atoms with Crippen molar-refractivity contribution in [3.63, 3.8) is 0 Å². The maximum Gasteiger partial charge on any atom is 0.0639 e. The molecule has 0 spiro atoms. The first-order chi connectivity index (χ1) is 8.63. The Balaban J connectivity index is 3.43. The number of likely N-dealkylation sites (N-methyl/N-ethyl adjacent to an activating group) is 1. The topological polar surface area (TPSA) is 26.7 Å². The zero-order valence-electron chi connectivity index (χ0n) is 13.0. The molecule has 0 radical (unpaired) electrons. The quantitative estimate of drug-likeness (QED) is 0.545. The summed E-state index contributed by atoms with van der Waals surface area (Å²) < 4.78 is 0. The monoisotopic (exact) mass is 258 g/mol. The Bertz CT molecular complexity index is 170. The Morgan fingerprint density at radius 2 is 1.22 bits per heavy atom. The van der Waals surface area contributed by atoms with E-state index < -0.39 is 0 Å². The molecule has 3 nitrogen and oxygen atoms in total. The summed E-state index contributed by atoms with van der Waals surface area (Å²) in [4.78, 5) is 4.83. The summed E-state index contributed by atoms with van der Waals surface area (Å²) in [6.45, 7) is 15.1. The number of aliphatic hydroxyl groups is 1. The van der Waals surface area contributed by atoms with Gasteiger partial charge in [0, 0.05) is 6.54 Å². The van der Waals surface area contributed by atoms with E-state index in [2.05, 4.69) is 30.6 Å². The molecule has 0 aromatic rings. The van der Waals surface area contributed by atoms with E-state index in [1.165, 1.54) is 45.3 Å². The largest absolute Gasteiger partial charge is 0.392 e. The predicted molar refractivity (Wildman–Crippen MR) is 80.1 cm³/mol. The Hall–Kier alpha value is -0.120. The Morgan fingerprint density at radius 3 is 1.61 bits per heavy atom. The van der Waals surface area contributed by atoms with Gasteiger partial charge in [0.1, 0.15) is 0 Å². The molecule has 3 heteroatoms. The summed E-state index contributed by atoms with van der Waals surface area (Å²) in [6, 6.07) is 0. The van der Waals surface area contributed by atoms with Gasteiger partial charge in [-0.2, -0.15) is 0 Å². The van der Waals surface area contributed by atoms with Crippen LogP contribution in [-0.4, -0.2) is 60.3 Å². The average Bonchev–Trinajstić information content (AvgIpc) is 2.36. The van der Waals surface area contributed by atoms with Gasteiger partial charge in [-0.05, 0) is 52.5 Å². The first-order valence-electron chi connectivity index (χ1n) is 7.76. The third kappa shape index (κ3) is 9.86. The van der Waals surface area contributed by atoms with Gasteiger partial charge in [0.05, 0.1) is 6.10 Å². The molecule has 0 bridgehead atoms. The second kappa shape index (κ2) is 11.9. The number of hydrogen-bond donors (Lipinski definition) is 1. The fraction of sp³-hybridized carbons (Fsp3) is 1.00. The Labute approximate surface area is 114 Å². The van der Waals surface area contributed by atoms with Crippen molar-refractivity contribution in [2.75, 3.05) is 39.3 Å². The lowest BCUT2D eigenvalue weighted by molar-refractivity contribution is 0.128. The standard InChI is InChI=1S/C15H34N2O/c1-5-16(6-2)12-10-8-9-11-13-17(7-3)14-15(4)18/h15,18H,5-14H2,1-4H3. The van der Waals surface area contributed by atoms with Gasteiger partial charge in [0.15, 0.2) is 0 Å². The van der Waals surface area contributed by atoms with Gasteiger partial charge >= 0.3 is 0 Å². The van der Waals surface area contributed by atoms with Crippen LogP contribution in [0.2, 0.25) is 0 Å². The first-order valence-corrected chi connectivity index (χ1v) is 7.76. The van der Waals surface area contributed by atoms with Crippen molar-refractivity contribution in [3.8, 4) is 0 Å². The second-order valence-electron chi connectivity index (χ2n) is 5.18. The molecule has 0 aliphatic carbocycles. The summed E-state index contributed by atoms with van der Waals surface area (Å²) in [7, 11) is 0. The summed E-state index contributed by atoms with van der Waals surface area (Å²) in [5, 5.41) is 9.36. The molecule has 0 amide bonds. The van der Waals surface area contributed by atoms with Gasteiger partial charge in [0.25, 0.3) is 0 Å².